The van der Waals surface area contributed by atoms with Crippen LogP contribution < -0.4 is 10.1 Å². The van der Waals surface area contributed by atoms with E-state index in [1.54, 1.807) is 6.92 Å². The van der Waals surface area contributed by atoms with Crippen molar-refractivity contribution in [1.29, 1.82) is 0 Å². The fraction of sp³-hybridized carbons (Fsp3) is 0.360. The maximum atomic E-state index is 11.8. The minimum atomic E-state index is -0.118. The molecule has 0 aliphatic rings. The molecule has 0 atom stereocenters. The number of rotatable bonds is 10. The Morgan fingerprint density at radius 2 is 1.90 bits per heavy atom. The number of para-hydroxylation sites is 2. The third kappa shape index (κ3) is 5.88. The Morgan fingerprint density at radius 3 is 2.61 bits per heavy atom. The van der Waals surface area contributed by atoms with Crippen molar-refractivity contribution in [2.24, 2.45) is 0 Å². The van der Waals surface area contributed by atoms with Gasteiger partial charge in [0.15, 0.2) is 0 Å². The summed E-state index contributed by atoms with van der Waals surface area (Å²) >= 11 is 6.23. The Bertz CT molecular complexity index is 1060. The molecule has 164 valence electrons. The number of hydrogen-bond acceptors (Lipinski definition) is 3. The molecule has 1 aromatic heterocycles. The second kappa shape index (κ2) is 10.5. The van der Waals surface area contributed by atoms with Crippen LogP contribution >= 0.6 is 11.6 Å². The Labute approximate surface area is 189 Å². The van der Waals surface area contributed by atoms with Gasteiger partial charge in [-0.15, -0.1) is 0 Å². The fourth-order valence-electron chi connectivity index (χ4n) is 3.56. The Morgan fingerprint density at radius 1 is 1.19 bits per heavy atom. The largest absolute Gasteiger partial charge is 0.494 e. The molecular weight excluding hydrogens is 410 g/mol. The molecule has 2 aromatic carbocycles. The maximum Gasteiger partial charge on any atom is 0.246 e. The van der Waals surface area contributed by atoms with Gasteiger partial charge in [-0.1, -0.05) is 30.3 Å². The molecule has 0 spiro atoms. The number of nitrogens with zero attached hydrogens (tertiary/aromatic N) is 2. The lowest BCUT2D eigenvalue weighted by atomic mass is 10.1. The van der Waals surface area contributed by atoms with Crippen molar-refractivity contribution < 1.29 is 9.53 Å². The number of aromatic nitrogens is 2. The average molecular weight is 440 g/mol. The van der Waals surface area contributed by atoms with Gasteiger partial charge >= 0.3 is 0 Å². The van der Waals surface area contributed by atoms with Crippen molar-refractivity contribution in [3.63, 3.8) is 0 Å². The maximum absolute atomic E-state index is 11.8. The lowest BCUT2D eigenvalue weighted by Gasteiger charge is -2.12. The van der Waals surface area contributed by atoms with Gasteiger partial charge in [-0.05, 0) is 69.0 Å². The molecule has 1 N–H and O–H groups in total. The van der Waals surface area contributed by atoms with E-state index in [0.717, 1.165) is 58.1 Å². The molecule has 0 bridgehead atoms. The molecule has 0 saturated carbocycles. The third-order valence-corrected chi connectivity index (χ3v) is 5.81. The van der Waals surface area contributed by atoms with Crippen molar-refractivity contribution in [1.82, 2.24) is 14.9 Å². The summed E-state index contributed by atoms with van der Waals surface area (Å²) in [4.78, 5) is 16.5. The standard InChI is InChI=1S/C25H30ClN3O2/c1-17(2)25(30)27-12-11-23-28-21-9-5-6-10-22(21)29(23)13-7-8-14-31-20-15-18(3)24(26)19(4)16-20/h5-6,9-10,15-16H,1,7-8,11-14H2,2-4H3,(H,27,30). The second-order valence-electron chi connectivity index (χ2n) is 7.88. The van der Waals surface area contributed by atoms with E-state index < -0.39 is 0 Å². The van der Waals surface area contributed by atoms with Crippen LogP contribution in [-0.4, -0.2) is 28.6 Å². The zero-order valence-corrected chi connectivity index (χ0v) is 19.3. The summed E-state index contributed by atoms with van der Waals surface area (Å²) in [7, 11) is 0. The molecule has 3 aromatic rings. The number of carbonyl (C=O) groups is 1. The number of ether oxygens (including phenoxy) is 1. The van der Waals surface area contributed by atoms with Crippen molar-refractivity contribution in [3.05, 3.63) is 70.5 Å². The zero-order chi connectivity index (χ0) is 22.4. The summed E-state index contributed by atoms with van der Waals surface area (Å²) in [5.74, 6) is 1.72. The lowest BCUT2D eigenvalue weighted by molar-refractivity contribution is -0.117. The fourth-order valence-corrected chi connectivity index (χ4v) is 3.67. The molecular formula is C25H30ClN3O2. The quantitative estimate of drug-likeness (QED) is 0.340. The summed E-state index contributed by atoms with van der Waals surface area (Å²) < 4.78 is 8.18. The van der Waals surface area contributed by atoms with Crippen LogP contribution in [-0.2, 0) is 17.8 Å². The van der Waals surface area contributed by atoms with Crippen LogP contribution in [0.2, 0.25) is 5.02 Å². The second-order valence-corrected chi connectivity index (χ2v) is 8.26. The zero-order valence-electron chi connectivity index (χ0n) is 18.5. The van der Waals surface area contributed by atoms with Crippen molar-refractivity contribution in [2.45, 2.75) is 46.6 Å². The SMILES string of the molecule is C=C(C)C(=O)NCCc1nc2ccccc2n1CCCCOc1cc(C)c(Cl)c(C)c1. The predicted octanol–water partition coefficient (Wildman–Crippen LogP) is 5.40. The molecule has 1 amide bonds. The highest BCUT2D eigenvalue weighted by Crippen LogP contribution is 2.26. The number of aryl methyl sites for hydroxylation is 3. The number of imidazole rings is 1. The summed E-state index contributed by atoms with van der Waals surface area (Å²) in [6.07, 6.45) is 2.57. The highest BCUT2D eigenvalue weighted by molar-refractivity contribution is 6.32. The number of benzene rings is 2. The first-order valence-corrected chi connectivity index (χ1v) is 11.0. The van der Waals surface area contributed by atoms with Crippen LogP contribution in [0.1, 0.15) is 36.7 Å². The van der Waals surface area contributed by atoms with Gasteiger partial charge in [0.2, 0.25) is 5.91 Å². The number of carbonyl (C=O) groups excluding carboxylic acids is 1. The molecule has 3 rings (SSSR count). The van der Waals surface area contributed by atoms with E-state index in [2.05, 4.69) is 22.5 Å². The number of amides is 1. The summed E-state index contributed by atoms with van der Waals surface area (Å²) in [6.45, 7) is 11.4. The minimum Gasteiger partial charge on any atom is -0.494 e. The van der Waals surface area contributed by atoms with Gasteiger partial charge < -0.3 is 14.6 Å². The van der Waals surface area contributed by atoms with Crippen LogP contribution in [0, 0.1) is 13.8 Å². The van der Waals surface area contributed by atoms with Crippen LogP contribution in [0.3, 0.4) is 0 Å². The summed E-state index contributed by atoms with van der Waals surface area (Å²) in [6, 6.07) is 12.1. The predicted molar refractivity (Wildman–Crippen MR) is 127 cm³/mol. The highest BCUT2D eigenvalue weighted by atomic mass is 35.5. The first-order valence-electron chi connectivity index (χ1n) is 10.6. The monoisotopic (exact) mass is 439 g/mol. The molecule has 0 unspecified atom stereocenters. The van der Waals surface area contributed by atoms with Gasteiger partial charge in [0, 0.05) is 30.1 Å². The Kier molecular flexibility index (Phi) is 7.75. The van der Waals surface area contributed by atoms with Crippen molar-refractivity contribution in [3.8, 4) is 5.75 Å². The van der Waals surface area contributed by atoms with Crippen LogP contribution in [0.25, 0.3) is 11.0 Å². The Balaban J connectivity index is 1.57. The number of hydrogen-bond donors (Lipinski definition) is 1. The molecule has 5 nitrogen and oxygen atoms in total. The smallest absolute Gasteiger partial charge is 0.246 e. The van der Waals surface area contributed by atoms with Gasteiger partial charge in [-0.3, -0.25) is 4.79 Å². The molecule has 6 heteroatoms. The van der Waals surface area contributed by atoms with Gasteiger partial charge in [0.25, 0.3) is 0 Å². The van der Waals surface area contributed by atoms with Crippen LogP contribution in [0.5, 0.6) is 5.75 Å². The topological polar surface area (TPSA) is 56.2 Å². The van der Waals surface area contributed by atoms with E-state index in [1.165, 1.54) is 0 Å². The summed E-state index contributed by atoms with van der Waals surface area (Å²) in [5.41, 5.74) is 4.68. The van der Waals surface area contributed by atoms with Crippen molar-refractivity contribution >= 4 is 28.5 Å². The lowest BCUT2D eigenvalue weighted by Crippen LogP contribution is -2.26. The number of nitrogens with one attached hydrogen (secondary N) is 1. The molecule has 0 aliphatic heterocycles. The molecule has 0 fully saturated rings. The van der Waals surface area contributed by atoms with Crippen molar-refractivity contribution in [2.75, 3.05) is 13.2 Å². The Hall–Kier alpha value is -2.79. The third-order valence-electron chi connectivity index (χ3n) is 5.21. The molecule has 31 heavy (non-hydrogen) atoms. The first kappa shape index (κ1) is 22.9. The molecule has 0 saturated heterocycles. The van der Waals surface area contributed by atoms with E-state index in [4.69, 9.17) is 21.3 Å². The number of unbranched alkanes of at least 4 members (excludes halogenated alkanes) is 1. The van der Waals surface area contributed by atoms with Gasteiger partial charge in [-0.2, -0.15) is 0 Å². The highest BCUT2D eigenvalue weighted by Gasteiger charge is 2.11. The van der Waals surface area contributed by atoms with E-state index in [0.29, 0.717) is 25.1 Å². The van der Waals surface area contributed by atoms with E-state index >= 15 is 0 Å². The van der Waals surface area contributed by atoms with Crippen LogP contribution in [0.15, 0.2) is 48.6 Å². The normalized spacial score (nSPS) is 11.0. The molecule has 0 radical (unpaired) electrons. The van der Waals surface area contributed by atoms with E-state index in [-0.39, 0.29) is 5.91 Å². The van der Waals surface area contributed by atoms with E-state index in [9.17, 15) is 4.79 Å². The minimum absolute atomic E-state index is 0.118. The first-order chi connectivity index (χ1) is 14.9. The average Bonchev–Trinajstić information content (AvgIpc) is 3.09. The van der Waals surface area contributed by atoms with Gasteiger partial charge in [0.05, 0.1) is 17.6 Å². The molecule has 0 aliphatic carbocycles. The van der Waals surface area contributed by atoms with Crippen LogP contribution in [0.4, 0.5) is 0 Å². The van der Waals surface area contributed by atoms with E-state index in [1.807, 2.05) is 44.2 Å². The van der Waals surface area contributed by atoms with Gasteiger partial charge in [-0.25, -0.2) is 4.98 Å². The molecule has 1 heterocycles. The summed E-state index contributed by atoms with van der Waals surface area (Å²) in [5, 5.41) is 3.69. The number of fused-ring (bicyclic) bond motifs is 1. The number of halogens is 1. The van der Waals surface area contributed by atoms with Gasteiger partial charge in [0.1, 0.15) is 11.6 Å².